The zero-order valence-corrected chi connectivity index (χ0v) is 6.61. The van der Waals surface area contributed by atoms with Crippen molar-refractivity contribution < 1.29 is 0 Å². The van der Waals surface area contributed by atoms with Gasteiger partial charge in [0.25, 0.3) is 5.56 Å². The summed E-state index contributed by atoms with van der Waals surface area (Å²) in [7, 11) is 0. The number of nitrogens with two attached hydrogens (primary N) is 1. The Bertz CT molecular complexity index is 273. The Balaban J connectivity index is 2.75. The van der Waals surface area contributed by atoms with Gasteiger partial charge in [-0.2, -0.15) is 0 Å². The third kappa shape index (κ3) is 1.63. The van der Waals surface area contributed by atoms with Crippen LogP contribution in [0.1, 0.15) is 25.3 Å². The second-order valence-electron chi connectivity index (χ2n) is 2.57. The molecule has 0 bridgehead atoms. The van der Waals surface area contributed by atoms with Crippen LogP contribution < -0.4 is 11.3 Å². The molecule has 0 aliphatic carbocycles. The minimum absolute atomic E-state index is 0.0871. The van der Waals surface area contributed by atoms with Crippen LogP contribution in [0.2, 0.25) is 0 Å². The van der Waals surface area contributed by atoms with Crippen LogP contribution in [0.4, 0.5) is 5.82 Å². The highest BCUT2D eigenvalue weighted by Crippen LogP contribution is 2.04. The van der Waals surface area contributed by atoms with Crippen molar-refractivity contribution in [3.8, 4) is 0 Å². The van der Waals surface area contributed by atoms with Gasteiger partial charge in [-0.3, -0.25) is 15.0 Å². The summed E-state index contributed by atoms with van der Waals surface area (Å²) < 4.78 is 0. The SMILES string of the molecule is CCCCc1c(N)[nH][nH]c1=O. The minimum Gasteiger partial charge on any atom is -0.384 e. The maximum Gasteiger partial charge on any atom is 0.269 e. The lowest BCUT2D eigenvalue weighted by Crippen LogP contribution is -2.06. The fourth-order valence-corrected chi connectivity index (χ4v) is 0.999. The van der Waals surface area contributed by atoms with Crippen LogP contribution in [0.15, 0.2) is 4.79 Å². The molecule has 1 aromatic heterocycles. The molecule has 0 radical (unpaired) electrons. The molecule has 4 heteroatoms. The first kappa shape index (κ1) is 7.91. The van der Waals surface area contributed by atoms with Crippen LogP contribution in [0.25, 0.3) is 0 Å². The standard InChI is InChI=1S/C7H13N3O/c1-2-3-4-5-6(8)9-10-7(5)11/h2-4H2,1H3,(H4,8,9,10,11). The molecule has 0 saturated carbocycles. The predicted molar refractivity (Wildman–Crippen MR) is 44.4 cm³/mol. The predicted octanol–water partition coefficient (Wildman–Crippen LogP) is 0.628. The Morgan fingerprint density at radius 2 is 2.18 bits per heavy atom. The Hall–Kier alpha value is -1.19. The van der Waals surface area contributed by atoms with Crippen LogP contribution in [0, 0.1) is 0 Å². The van der Waals surface area contributed by atoms with Gasteiger partial charge in [-0.15, -0.1) is 0 Å². The van der Waals surface area contributed by atoms with Crippen LogP contribution in [-0.4, -0.2) is 10.2 Å². The number of H-pyrrole nitrogens is 2. The molecule has 4 nitrogen and oxygen atoms in total. The molecule has 0 aliphatic heterocycles. The van der Waals surface area contributed by atoms with Gasteiger partial charge in [0.2, 0.25) is 0 Å². The molecular weight excluding hydrogens is 142 g/mol. The molecule has 1 heterocycles. The molecular formula is C7H13N3O. The normalized spacial score (nSPS) is 10.3. The third-order valence-corrected chi connectivity index (χ3v) is 1.69. The highest BCUT2D eigenvalue weighted by atomic mass is 16.1. The molecule has 0 saturated heterocycles. The first-order chi connectivity index (χ1) is 5.25. The van der Waals surface area contributed by atoms with E-state index in [0.29, 0.717) is 11.4 Å². The lowest BCUT2D eigenvalue weighted by molar-refractivity contribution is 0.793. The molecule has 0 atom stereocenters. The summed E-state index contributed by atoms with van der Waals surface area (Å²) in [6.45, 7) is 2.08. The summed E-state index contributed by atoms with van der Waals surface area (Å²) in [4.78, 5) is 11.0. The largest absolute Gasteiger partial charge is 0.384 e. The molecule has 0 fully saturated rings. The van der Waals surface area contributed by atoms with Crippen molar-refractivity contribution in [3.05, 3.63) is 15.9 Å². The lowest BCUT2D eigenvalue weighted by Gasteiger charge is -1.93. The van der Waals surface area contributed by atoms with E-state index in [2.05, 4.69) is 17.1 Å². The maximum atomic E-state index is 11.0. The number of aromatic amines is 2. The molecule has 1 aromatic rings. The monoisotopic (exact) mass is 155 g/mol. The van der Waals surface area contributed by atoms with Crippen LogP contribution in [0.3, 0.4) is 0 Å². The van der Waals surface area contributed by atoms with E-state index in [9.17, 15) is 4.79 Å². The number of rotatable bonds is 3. The number of anilines is 1. The molecule has 0 aliphatic rings. The molecule has 1 rings (SSSR count). The number of hydrogen-bond donors (Lipinski definition) is 3. The fourth-order valence-electron chi connectivity index (χ4n) is 0.999. The van der Waals surface area contributed by atoms with Gasteiger partial charge in [0.1, 0.15) is 5.82 Å². The van der Waals surface area contributed by atoms with Gasteiger partial charge in [0.05, 0.1) is 5.56 Å². The van der Waals surface area contributed by atoms with Crippen molar-refractivity contribution in [1.82, 2.24) is 10.2 Å². The third-order valence-electron chi connectivity index (χ3n) is 1.69. The van der Waals surface area contributed by atoms with Gasteiger partial charge >= 0.3 is 0 Å². The van der Waals surface area contributed by atoms with E-state index < -0.39 is 0 Å². The number of nitrogens with one attached hydrogen (secondary N) is 2. The van der Waals surface area contributed by atoms with E-state index in [4.69, 9.17) is 5.73 Å². The number of aromatic nitrogens is 2. The van der Waals surface area contributed by atoms with Gasteiger partial charge in [0, 0.05) is 0 Å². The van der Waals surface area contributed by atoms with E-state index in [1.165, 1.54) is 0 Å². The summed E-state index contributed by atoms with van der Waals surface area (Å²) in [5.41, 5.74) is 6.10. The van der Waals surface area contributed by atoms with Crippen molar-refractivity contribution >= 4 is 5.82 Å². The first-order valence-electron chi connectivity index (χ1n) is 3.80. The zero-order valence-electron chi connectivity index (χ0n) is 6.61. The first-order valence-corrected chi connectivity index (χ1v) is 3.80. The Labute approximate surface area is 64.8 Å². The van der Waals surface area contributed by atoms with E-state index in [-0.39, 0.29) is 5.56 Å². The van der Waals surface area contributed by atoms with Crippen molar-refractivity contribution in [3.63, 3.8) is 0 Å². The molecule has 11 heavy (non-hydrogen) atoms. The summed E-state index contributed by atoms with van der Waals surface area (Å²) >= 11 is 0. The van der Waals surface area contributed by atoms with E-state index in [0.717, 1.165) is 19.3 Å². The van der Waals surface area contributed by atoms with Gasteiger partial charge in [0.15, 0.2) is 0 Å². The average Bonchev–Trinajstić information content (AvgIpc) is 2.29. The van der Waals surface area contributed by atoms with E-state index >= 15 is 0 Å². The number of hydrogen-bond acceptors (Lipinski definition) is 2. The quantitative estimate of drug-likeness (QED) is 0.598. The Morgan fingerprint density at radius 3 is 2.64 bits per heavy atom. The molecule has 0 spiro atoms. The smallest absolute Gasteiger partial charge is 0.269 e. The van der Waals surface area contributed by atoms with Gasteiger partial charge in [-0.25, -0.2) is 0 Å². The van der Waals surface area contributed by atoms with Crippen molar-refractivity contribution in [1.29, 1.82) is 0 Å². The van der Waals surface area contributed by atoms with Gasteiger partial charge in [-0.05, 0) is 12.8 Å². The summed E-state index contributed by atoms with van der Waals surface area (Å²) in [5, 5.41) is 5.03. The molecule has 0 amide bonds. The minimum atomic E-state index is -0.0871. The molecule has 4 N–H and O–H groups in total. The van der Waals surface area contributed by atoms with Crippen LogP contribution in [0.5, 0.6) is 0 Å². The average molecular weight is 155 g/mol. The van der Waals surface area contributed by atoms with Crippen molar-refractivity contribution in [2.24, 2.45) is 0 Å². The zero-order chi connectivity index (χ0) is 8.27. The van der Waals surface area contributed by atoms with E-state index in [1.807, 2.05) is 0 Å². The molecule has 0 aromatic carbocycles. The Kier molecular flexibility index (Phi) is 2.36. The van der Waals surface area contributed by atoms with Crippen LogP contribution in [-0.2, 0) is 6.42 Å². The topological polar surface area (TPSA) is 74.7 Å². The van der Waals surface area contributed by atoms with Gasteiger partial charge < -0.3 is 5.73 Å². The summed E-state index contributed by atoms with van der Waals surface area (Å²) in [5.74, 6) is 0.475. The van der Waals surface area contributed by atoms with Crippen molar-refractivity contribution in [2.45, 2.75) is 26.2 Å². The summed E-state index contributed by atoms with van der Waals surface area (Å²) in [6.07, 6.45) is 2.84. The van der Waals surface area contributed by atoms with Gasteiger partial charge in [-0.1, -0.05) is 13.3 Å². The number of unbranched alkanes of at least 4 members (excludes halogenated alkanes) is 1. The highest BCUT2D eigenvalue weighted by molar-refractivity contribution is 5.36. The van der Waals surface area contributed by atoms with Crippen molar-refractivity contribution in [2.75, 3.05) is 5.73 Å². The maximum absolute atomic E-state index is 11.0. The van der Waals surface area contributed by atoms with E-state index in [1.54, 1.807) is 0 Å². The fraction of sp³-hybridized carbons (Fsp3) is 0.571. The number of nitrogen functional groups attached to an aromatic ring is 1. The second kappa shape index (κ2) is 3.27. The van der Waals surface area contributed by atoms with Crippen LogP contribution >= 0.6 is 0 Å². The summed E-state index contributed by atoms with van der Waals surface area (Å²) in [6, 6.07) is 0. The molecule has 62 valence electrons. The lowest BCUT2D eigenvalue weighted by atomic mass is 10.1. The Morgan fingerprint density at radius 1 is 1.45 bits per heavy atom. The second-order valence-corrected chi connectivity index (χ2v) is 2.57. The molecule has 0 unspecified atom stereocenters. The highest BCUT2D eigenvalue weighted by Gasteiger charge is 2.04.